The van der Waals surface area contributed by atoms with Crippen molar-refractivity contribution in [2.75, 3.05) is 29.5 Å². The van der Waals surface area contributed by atoms with Gasteiger partial charge in [0.15, 0.2) is 9.84 Å². The molecule has 1 aliphatic heterocycles. The number of aromatic carboxylic acids is 1. The Labute approximate surface area is 104 Å². The van der Waals surface area contributed by atoms with E-state index in [9.17, 15) is 17.6 Å². The Morgan fingerprint density at radius 3 is 2.44 bits per heavy atom. The fourth-order valence-electron chi connectivity index (χ4n) is 1.84. The first-order chi connectivity index (χ1) is 8.39. The lowest BCUT2D eigenvalue weighted by Gasteiger charge is -2.29. The summed E-state index contributed by atoms with van der Waals surface area (Å²) in [4.78, 5) is 12.4. The SMILES string of the molecule is O=C(O)c1ccc(F)c(N2CCS(=O)(=O)CC2)c1. The van der Waals surface area contributed by atoms with Gasteiger partial charge in [-0.15, -0.1) is 0 Å². The van der Waals surface area contributed by atoms with Crippen LogP contribution in [0.15, 0.2) is 18.2 Å². The van der Waals surface area contributed by atoms with Gasteiger partial charge in [-0.2, -0.15) is 0 Å². The van der Waals surface area contributed by atoms with Crippen molar-refractivity contribution in [2.24, 2.45) is 0 Å². The molecule has 1 fully saturated rings. The second-order valence-corrected chi connectivity index (χ2v) is 6.41. The summed E-state index contributed by atoms with van der Waals surface area (Å²) in [5.41, 5.74) is 0.129. The molecule has 0 bridgehead atoms. The normalized spacial score (nSPS) is 18.6. The van der Waals surface area contributed by atoms with Crippen LogP contribution in [0.5, 0.6) is 0 Å². The summed E-state index contributed by atoms with van der Waals surface area (Å²) in [5, 5.41) is 8.84. The smallest absolute Gasteiger partial charge is 0.335 e. The summed E-state index contributed by atoms with van der Waals surface area (Å²) in [7, 11) is -3.04. The number of halogens is 1. The number of benzene rings is 1. The number of carboxylic acids is 1. The van der Waals surface area contributed by atoms with Crippen LogP contribution in [0.3, 0.4) is 0 Å². The van der Waals surface area contributed by atoms with Crippen LogP contribution >= 0.6 is 0 Å². The van der Waals surface area contributed by atoms with Gasteiger partial charge >= 0.3 is 5.97 Å². The molecule has 0 atom stereocenters. The Kier molecular flexibility index (Phi) is 3.25. The highest BCUT2D eigenvalue weighted by Crippen LogP contribution is 2.23. The molecule has 7 heteroatoms. The first-order valence-electron chi connectivity index (χ1n) is 5.37. The third kappa shape index (κ3) is 2.61. The second kappa shape index (κ2) is 4.56. The summed E-state index contributed by atoms with van der Waals surface area (Å²) in [6, 6.07) is 3.50. The lowest BCUT2D eigenvalue weighted by atomic mass is 10.2. The van der Waals surface area contributed by atoms with Gasteiger partial charge in [0, 0.05) is 13.1 Å². The molecular formula is C11H12FNO4S. The zero-order valence-corrected chi connectivity index (χ0v) is 10.3. The van der Waals surface area contributed by atoms with Crippen LogP contribution in [0, 0.1) is 5.82 Å². The Bertz CT molecular complexity index is 571. The van der Waals surface area contributed by atoms with Crippen LogP contribution in [0.25, 0.3) is 0 Å². The number of sulfone groups is 1. The number of rotatable bonds is 2. The average Bonchev–Trinajstić information content (AvgIpc) is 2.30. The molecule has 98 valence electrons. The van der Waals surface area contributed by atoms with E-state index in [2.05, 4.69) is 0 Å². The third-order valence-electron chi connectivity index (χ3n) is 2.88. The maximum Gasteiger partial charge on any atom is 0.335 e. The Balaban J connectivity index is 2.28. The first kappa shape index (κ1) is 12.8. The molecule has 1 aromatic rings. The standard InChI is InChI=1S/C11H12FNO4S/c12-9-2-1-8(11(14)15)7-10(9)13-3-5-18(16,17)6-4-13/h1-2,7H,3-6H2,(H,14,15). The molecule has 1 N–H and O–H groups in total. The van der Waals surface area contributed by atoms with Gasteiger partial charge in [0.1, 0.15) is 5.82 Å². The monoisotopic (exact) mass is 273 g/mol. The minimum atomic E-state index is -3.04. The molecule has 0 radical (unpaired) electrons. The molecule has 0 aromatic heterocycles. The van der Waals surface area contributed by atoms with E-state index in [4.69, 9.17) is 5.11 Å². The largest absolute Gasteiger partial charge is 0.478 e. The van der Waals surface area contributed by atoms with Crippen molar-refractivity contribution in [3.05, 3.63) is 29.6 Å². The summed E-state index contributed by atoms with van der Waals surface area (Å²) in [6.07, 6.45) is 0. The third-order valence-corrected chi connectivity index (χ3v) is 4.49. The van der Waals surface area contributed by atoms with Crippen molar-refractivity contribution in [3.8, 4) is 0 Å². The highest BCUT2D eigenvalue weighted by molar-refractivity contribution is 7.91. The molecule has 1 aromatic carbocycles. The van der Waals surface area contributed by atoms with E-state index in [1.807, 2.05) is 0 Å². The van der Waals surface area contributed by atoms with Crippen molar-refractivity contribution in [1.29, 1.82) is 0 Å². The van der Waals surface area contributed by atoms with E-state index >= 15 is 0 Å². The minimum absolute atomic E-state index is 0.0140. The number of carbonyl (C=O) groups is 1. The first-order valence-corrected chi connectivity index (χ1v) is 7.19. The number of hydrogen-bond acceptors (Lipinski definition) is 4. The zero-order chi connectivity index (χ0) is 13.3. The van der Waals surface area contributed by atoms with E-state index < -0.39 is 21.6 Å². The average molecular weight is 273 g/mol. The quantitative estimate of drug-likeness (QED) is 0.861. The van der Waals surface area contributed by atoms with Gasteiger partial charge in [0.2, 0.25) is 0 Å². The van der Waals surface area contributed by atoms with Crippen LogP contribution in [-0.4, -0.2) is 44.1 Å². The van der Waals surface area contributed by atoms with Gasteiger partial charge in [-0.25, -0.2) is 17.6 Å². The molecule has 0 amide bonds. The van der Waals surface area contributed by atoms with Gasteiger partial charge in [-0.05, 0) is 18.2 Å². The molecule has 5 nitrogen and oxygen atoms in total. The second-order valence-electron chi connectivity index (χ2n) is 4.11. The molecule has 1 heterocycles. The lowest BCUT2D eigenvalue weighted by molar-refractivity contribution is 0.0697. The number of nitrogens with zero attached hydrogens (tertiary/aromatic N) is 1. The van der Waals surface area contributed by atoms with Gasteiger partial charge in [-0.1, -0.05) is 0 Å². The van der Waals surface area contributed by atoms with Crippen LogP contribution in [-0.2, 0) is 9.84 Å². The maximum atomic E-state index is 13.6. The van der Waals surface area contributed by atoms with E-state index in [0.29, 0.717) is 0 Å². The maximum absolute atomic E-state index is 13.6. The van der Waals surface area contributed by atoms with Gasteiger partial charge in [0.25, 0.3) is 0 Å². The molecule has 0 aliphatic carbocycles. The Morgan fingerprint density at radius 1 is 1.28 bits per heavy atom. The summed E-state index contributed by atoms with van der Waals surface area (Å²) < 4.78 is 36.2. The van der Waals surface area contributed by atoms with Crippen LogP contribution in [0.2, 0.25) is 0 Å². The van der Waals surface area contributed by atoms with Crippen molar-refractivity contribution >= 4 is 21.5 Å². The molecule has 2 rings (SSSR count). The fourth-order valence-corrected chi connectivity index (χ4v) is 3.04. The van der Waals surface area contributed by atoms with Gasteiger partial charge in [0.05, 0.1) is 22.8 Å². The number of anilines is 1. The Hall–Kier alpha value is -1.63. The highest BCUT2D eigenvalue weighted by atomic mass is 32.2. The summed E-state index contributed by atoms with van der Waals surface area (Å²) in [5.74, 6) is -1.76. The molecule has 1 saturated heterocycles. The molecule has 0 saturated carbocycles. The van der Waals surface area contributed by atoms with E-state index in [1.54, 1.807) is 4.90 Å². The number of carboxylic acid groups (broad SMARTS) is 1. The van der Waals surface area contributed by atoms with E-state index in [-0.39, 0.29) is 35.8 Å². The molecule has 1 aliphatic rings. The summed E-state index contributed by atoms with van der Waals surface area (Å²) in [6.45, 7) is 0.366. The molecule has 0 spiro atoms. The van der Waals surface area contributed by atoms with Crippen molar-refractivity contribution < 1.29 is 22.7 Å². The lowest BCUT2D eigenvalue weighted by Crippen LogP contribution is -2.40. The van der Waals surface area contributed by atoms with Crippen molar-refractivity contribution in [3.63, 3.8) is 0 Å². The zero-order valence-electron chi connectivity index (χ0n) is 9.47. The molecule has 0 unspecified atom stereocenters. The topological polar surface area (TPSA) is 74.7 Å². The molecule has 18 heavy (non-hydrogen) atoms. The summed E-state index contributed by atoms with van der Waals surface area (Å²) >= 11 is 0. The predicted octanol–water partition coefficient (Wildman–Crippen LogP) is 0.759. The fraction of sp³-hybridized carbons (Fsp3) is 0.364. The van der Waals surface area contributed by atoms with Crippen molar-refractivity contribution in [1.82, 2.24) is 0 Å². The van der Waals surface area contributed by atoms with E-state index in [0.717, 1.165) is 6.07 Å². The van der Waals surface area contributed by atoms with Crippen LogP contribution in [0.1, 0.15) is 10.4 Å². The number of hydrogen-bond donors (Lipinski definition) is 1. The van der Waals surface area contributed by atoms with Crippen LogP contribution < -0.4 is 4.90 Å². The predicted molar refractivity (Wildman–Crippen MR) is 64.2 cm³/mol. The Morgan fingerprint density at radius 2 is 1.89 bits per heavy atom. The highest BCUT2D eigenvalue weighted by Gasteiger charge is 2.24. The van der Waals surface area contributed by atoms with E-state index in [1.165, 1.54) is 12.1 Å². The van der Waals surface area contributed by atoms with Crippen molar-refractivity contribution in [2.45, 2.75) is 0 Å². The van der Waals surface area contributed by atoms with Crippen LogP contribution in [0.4, 0.5) is 10.1 Å². The van der Waals surface area contributed by atoms with Gasteiger partial charge in [-0.3, -0.25) is 0 Å². The minimum Gasteiger partial charge on any atom is -0.478 e. The van der Waals surface area contributed by atoms with Gasteiger partial charge < -0.3 is 10.0 Å². The molecular weight excluding hydrogens is 261 g/mol.